The van der Waals surface area contributed by atoms with Crippen molar-refractivity contribution in [3.63, 3.8) is 0 Å². The average molecular weight is 139 g/mol. The average Bonchev–Trinajstić information content (AvgIpc) is 1.88. The second-order valence-electron chi connectivity index (χ2n) is 2.71. The summed E-state index contributed by atoms with van der Waals surface area (Å²) in [5, 5.41) is 9.36. The fourth-order valence-corrected chi connectivity index (χ4v) is 1.06. The van der Waals surface area contributed by atoms with Gasteiger partial charge >= 0.3 is 0 Å². The fraction of sp³-hybridized carbons (Fsp3) is 0.500. The normalized spacial score (nSPS) is 31.6. The van der Waals surface area contributed by atoms with Crippen molar-refractivity contribution in [3.8, 4) is 0 Å². The number of nitrogens with zero attached hydrogens (tertiary/aromatic N) is 1. The molecule has 1 aliphatic rings. The lowest BCUT2D eigenvalue weighted by atomic mass is 10.1. The Morgan fingerprint density at radius 1 is 1.20 bits per heavy atom. The van der Waals surface area contributed by atoms with Gasteiger partial charge in [0.15, 0.2) is 0 Å². The molecule has 0 radical (unpaired) electrons. The lowest BCUT2D eigenvalue weighted by Crippen LogP contribution is -2.37. The first-order valence-corrected chi connectivity index (χ1v) is 3.41. The summed E-state index contributed by atoms with van der Waals surface area (Å²) in [5.74, 6) is 0. The molecule has 0 aromatic carbocycles. The van der Waals surface area contributed by atoms with Gasteiger partial charge in [-0.15, -0.1) is 0 Å². The Balaban J connectivity index is 2.61. The van der Waals surface area contributed by atoms with Gasteiger partial charge in [-0.05, 0) is 14.1 Å². The molecule has 10 heavy (non-hydrogen) atoms. The second kappa shape index (κ2) is 2.99. The van der Waals surface area contributed by atoms with Crippen molar-refractivity contribution < 1.29 is 5.11 Å². The molecule has 1 rings (SSSR count). The van der Waals surface area contributed by atoms with E-state index in [0.717, 1.165) is 0 Å². The molecule has 56 valence electrons. The van der Waals surface area contributed by atoms with Crippen molar-refractivity contribution in [2.75, 3.05) is 14.1 Å². The van der Waals surface area contributed by atoms with E-state index in [0.29, 0.717) is 0 Å². The second-order valence-corrected chi connectivity index (χ2v) is 2.71. The quantitative estimate of drug-likeness (QED) is 0.568. The van der Waals surface area contributed by atoms with E-state index >= 15 is 0 Å². The molecule has 0 aromatic heterocycles. The highest BCUT2D eigenvalue weighted by Gasteiger charge is 2.16. The van der Waals surface area contributed by atoms with Crippen LogP contribution in [0.4, 0.5) is 0 Å². The third kappa shape index (κ3) is 1.46. The Morgan fingerprint density at radius 2 is 1.80 bits per heavy atom. The predicted molar refractivity (Wildman–Crippen MR) is 41.8 cm³/mol. The number of aliphatic hydroxyl groups excluding tert-OH is 1. The first kappa shape index (κ1) is 7.51. The van der Waals surface area contributed by atoms with Crippen LogP contribution in [0.15, 0.2) is 24.3 Å². The molecule has 0 heterocycles. The lowest BCUT2D eigenvalue weighted by molar-refractivity contribution is 0.137. The summed E-state index contributed by atoms with van der Waals surface area (Å²) in [7, 11) is 3.91. The van der Waals surface area contributed by atoms with Gasteiger partial charge in [0.1, 0.15) is 0 Å². The Morgan fingerprint density at radius 3 is 2.20 bits per heavy atom. The number of hydrogen-bond donors (Lipinski definition) is 1. The van der Waals surface area contributed by atoms with Gasteiger partial charge in [0.25, 0.3) is 0 Å². The predicted octanol–water partition coefficient (Wildman–Crippen LogP) is 0.403. The monoisotopic (exact) mass is 139 g/mol. The molecule has 2 heteroatoms. The van der Waals surface area contributed by atoms with Crippen molar-refractivity contribution in [1.82, 2.24) is 4.90 Å². The molecular weight excluding hydrogens is 126 g/mol. The van der Waals surface area contributed by atoms with E-state index in [1.165, 1.54) is 0 Å². The Labute approximate surface area is 61.5 Å². The number of rotatable bonds is 1. The van der Waals surface area contributed by atoms with Gasteiger partial charge in [0.05, 0.1) is 12.1 Å². The maximum absolute atomic E-state index is 9.36. The van der Waals surface area contributed by atoms with E-state index in [1.54, 1.807) is 6.08 Å². The minimum absolute atomic E-state index is 0.144. The first-order valence-electron chi connectivity index (χ1n) is 3.41. The zero-order chi connectivity index (χ0) is 7.56. The maximum atomic E-state index is 9.36. The highest BCUT2D eigenvalue weighted by molar-refractivity contribution is 5.17. The van der Waals surface area contributed by atoms with E-state index in [1.807, 2.05) is 37.2 Å². The topological polar surface area (TPSA) is 23.5 Å². The first-order chi connectivity index (χ1) is 4.72. The van der Waals surface area contributed by atoms with Gasteiger partial charge in [-0.25, -0.2) is 0 Å². The van der Waals surface area contributed by atoms with Crippen LogP contribution in [-0.4, -0.2) is 36.2 Å². The molecule has 0 bridgehead atoms. The van der Waals surface area contributed by atoms with Crippen LogP contribution < -0.4 is 0 Å². The van der Waals surface area contributed by atoms with Gasteiger partial charge in [-0.3, -0.25) is 0 Å². The number of allylic oxidation sites excluding steroid dienone is 2. The number of aliphatic hydroxyl groups is 1. The van der Waals surface area contributed by atoms with Crippen LogP contribution in [0, 0.1) is 0 Å². The highest BCUT2D eigenvalue weighted by Crippen LogP contribution is 2.08. The lowest BCUT2D eigenvalue weighted by Gasteiger charge is -2.25. The molecule has 2 unspecified atom stereocenters. The van der Waals surface area contributed by atoms with Gasteiger partial charge < -0.3 is 10.0 Å². The molecule has 0 amide bonds. The van der Waals surface area contributed by atoms with E-state index in [-0.39, 0.29) is 12.1 Å². The van der Waals surface area contributed by atoms with Crippen molar-refractivity contribution in [3.05, 3.63) is 24.3 Å². The molecule has 1 N–H and O–H groups in total. The highest BCUT2D eigenvalue weighted by atomic mass is 16.3. The van der Waals surface area contributed by atoms with E-state index < -0.39 is 0 Å². The largest absolute Gasteiger partial charge is 0.387 e. The van der Waals surface area contributed by atoms with Crippen molar-refractivity contribution in [2.24, 2.45) is 0 Å². The molecule has 2 atom stereocenters. The van der Waals surface area contributed by atoms with Crippen molar-refractivity contribution >= 4 is 0 Å². The maximum Gasteiger partial charge on any atom is 0.0914 e. The minimum atomic E-state index is -0.347. The molecule has 0 spiro atoms. The Hall–Kier alpha value is -0.600. The van der Waals surface area contributed by atoms with Gasteiger partial charge in [0, 0.05) is 0 Å². The molecule has 0 saturated heterocycles. The van der Waals surface area contributed by atoms with Crippen LogP contribution in [0.1, 0.15) is 0 Å². The van der Waals surface area contributed by atoms with Crippen LogP contribution in [0.5, 0.6) is 0 Å². The van der Waals surface area contributed by atoms with Crippen LogP contribution in [0.2, 0.25) is 0 Å². The van der Waals surface area contributed by atoms with Gasteiger partial charge in [0.2, 0.25) is 0 Å². The van der Waals surface area contributed by atoms with Crippen LogP contribution in [0.3, 0.4) is 0 Å². The molecule has 0 aliphatic heterocycles. The summed E-state index contributed by atoms with van der Waals surface area (Å²) in [6, 6.07) is 0.144. The molecule has 0 aromatic rings. The number of hydrogen-bond acceptors (Lipinski definition) is 2. The fourth-order valence-electron chi connectivity index (χ4n) is 1.06. The molecule has 2 nitrogen and oxygen atoms in total. The van der Waals surface area contributed by atoms with Crippen LogP contribution >= 0.6 is 0 Å². The van der Waals surface area contributed by atoms with Gasteiger partial charge in [-0.2, -0.15) is 0 Å². The zero-order valence-electron chi connectivity index (χ0n) is 6.36. The summed E-state index contributed by atoms with van der Waals surface area (Å²) >= 11 is 0. The SMILES string of the molecule is CN(C)C1C=CC=CC1O. The molecular formula is C8H13NO. The van der Waals surface area contributed by atoms with E-state index in [9.17, 15) is 5.11 Å². The summed E-state index contributed by atoms with van der Waals surface area (Å²) in [6.07, 6.45) is 7.26. The standard InChI is InChI=1S/C8H13NO/c1-9(2)7-5-3-4-6-8(7)10/h3-8,10H,1-2H3. The molecule has 0 saturated carbocycles. The summed E-state index contributed by atoms with van der Waals surface area (Å²) < 4.78 is 0. The number of likely N-dealkylation sites (N-methyl/N-ethyl adjacent to an activating group) is 1. The Bertz CT molecular complexity index is 161. The molecule has 1 aliphatic carbocycles. The zero-order valence-corrected chi connectivity index (χ0v) is 6.36. The van der Waals surface area contributed by atoms with E-state index in [2.05, 4.69) is 0 Å². The summed E-state index contributed by atoms with van der Waals surface area (Å²) in [5.41, 5.74) is 0. The smallest absolute Gasteiger partial charge is 0.0914 e. The Kier molecular flexibility index (Phi) is 2.25. The summed E-state index contributed by atoms with van der Waals surface area (Å²) in [6.45, 7) is 0. The van der Waals surface area contributed by atoms with Crippen molar-refractivity contribution in [1.29, 1.82) is 0 Å². The third-order valence-electron chi connectivity index (χ3n) is 1.67. The van der Waals surface area contributed by atoms with Crippen molar-refractivity contribution in [2.45, 2.75) is 12.1 Å². The third-order valence-corrected chi connectivity index (χ3v) is 1.67. The molecule has 0 fully saturated rings. The van der Waals surface area contributed by atoms with Crippen LogP contribution in [-0.2, 0) is 0 Å². The minimum Gasteiger partial charge on any atom is -0.387 e. The van der Waals surface area contributed by atoms with E-state index in [4.69, 9.17) is 0 Å². The summed E-state index contributed by atoms with van der Waals surface area (Å²) in [4.78, 5) is 1.99. The van der Waals surface area contributed by atoms with Crippen LogP contribution in [0.25, 0.3) is 0 Å². The van der Waals surface area contributed by atoms with Gasteiger partial charge in [-0.1, -0.05) is 24.3 Å².